The number of nitrogens with zero attached hydrogens (tertiary/aromatic N) is 6. The summed E-state index contributed by atoms with van der Waals surface area (Å²) in [6.07, 6.45) is 0.935. The average molecular weight is 449 g/mol. The third-order valence-electron chi connectivity index (χ3n) is 7.00. The van der Waals surface area contributed by atoms with Crippen molar-refractivity contribution < 1.29 is 4.74 Å². The summed E-state index contributed by atoms with van der Waals surface area (Å²) < 4.78 is 7.77. The predicted octanol–water partition coefficient (Wildman–Crippen LogP) is 4.36. The summed E-state index contributed by atoms with van der Waals surface area (Å²) in [5.74, 6) is 1.73. The molecule has 1 unspecified atom stereocenters. The fourth-order valence-electron chi connectivity index (χ4n) is 4.62. The van der Waals surface area contributed by atoms with Crippen LogP contribution in [0.5, 0.6) is 5.75 Å². The molecule has 3 aromatic rings. The van der Waals surface area contributed by atoms with Gasteiger partial charge >= 0.3 is 0 Å². The Morgan fingerprint density at radius 3 is 2.45 bits per heavy atom. The molecule has 1 aliphatic heterocycles. The van der Waals surface area contributed by atoms with E-state index in [0.29, 0.717) is 0 Å². The highest BCUT2D eigenvalue weighted by Crippen LogP contribution is 2.36. The number of anilines is 1. The van der Waals surface area contributed by atoms with Gasteiger partial charge in [0.05, 0.1) is 12.6 Å². The minimum Gasteiger partial charge on any atom is -0.496 e. The maximum atomic E-state index is 5.77. The fraction of sp³-hybridized carbons (Fsp3) is 0.500. The number of aromatic nitrogens is 4. The molecule has 0 saturated carbocycles. The van der Waals surface area contributed by atoms with Crippen LogP contribution < -0.4 is 9.64 Å². The zero-order chi connectivity index (χ0) is 23.6. The van der Waals surface area contributed by atoms with Gasteiger partial charge < -0.3 is 9.64 Å². The molecule has 4 rings (SSSR count). The van der Waals surface area contributed by atoms with Crippen molar-refractivity contribution in [1.82, 2.24) is 25.1 Å². The van der Waals surface area contributed by atoms with Gasteiger partial charge in [0.15, 0.2) is 5.82 Å². The van der Waals surface area contributed by atoms with Crippen molar-refractivity contribution in [1.29, 1.82) is 0 Å². The second kappa shape index (κ2) is 9.51. The van der Waals surface area contributed by atoms with Crippen LogP contribution in [0.3, 0.4) is 0 Å². The number of para-hydroxylation sites is 1. The molecule has 7 heteroatoms. The number of methoxy groups -OCH3 is 1. The summed E-state index contributed by atoms with van der Waals surface area (Å²) in [5.41, 5.74) is 4.87. The van der Waals surface area contributed by atoms with Crippen molar-refractivity contribution in [2.45, 2.75) is 52.6 Å². The summed E-state index contributed by atoms with van der Waals surface area (Å²) in [4.78, 5) is 4.99. The number of piperazine rings is 1. The molecule has 0 aliphatic carbocycles. The molecule has 0 radical (unpaired) electrons. The lowest BCUT2D eigenvalue weighted by molar-refractivity contribution is 0.184. The van der Waals surface area contributed by atoms with Gasteiger partial charge in [-0.25, -0.2) is 4.68 Å². The van der Waals surface area contributed by atoms with Gasteiger partial charge in [0.1, 0.15) is 11.8 Å². The number of tetrazole rings is 1. The Bertz CT molecular complexity index is 1080. The summed E-state index contributed by atoms with van der Waals surface area (Å²) in [7, 11) is 1.73. The van der Waals surface area contributed by atoms with Crippen molar-refractivity contribution in [3.63, 3.8) is 0 Å². The van der Waals surface area contributed by atoms with E-state index in [2.05, 4.69) is 90.3 Å². The van der Waals surface area contributed by atoms with Crippen LogP contribution in [0.15, 0.2) is 42.5 Å². The van der Waals surface area contributed by atoms with Crippen LogP contribution in [0.1, 0.15) is 55.7 Å². The first-order chi connectivity index (χ1) is 15.9. The van der Waals surface area contributed by atoms with E-state index >= 15 is 0 Å². The highest BCUT2D eigenvalue weighted by molar-refractivity contribution is 5.55. The normalized spacial score (nSPS) is 16.1. The van der Waals surface area contributed by atoms with Crippen LogP contribution >= 0.6 is 0 Å². The highest BCUT2D eigenvalue weighted by atomic mass is 16.5. The van der Waals surface area contributed by atoms with Crippen LogP contribution in [0.2, 0.25) is 0 Å². The van der Waals surface area contributed by atoms with Gasteiger partial charge in [-0.1, -0.05) is 37.3 Å². The number of hydrogen-bond donors (Lipinski definition) is 0. The Morgan fingerprint density at radius 2 is 1.76 bits per heavy atom. The molecule has 0 amide bonds. The highest BCUT2D eigenvalue weighted by Gasteiger charge is 2.35. The fourth-order valence-corrected chi connectivity index (χ4v) is 4.62. The second-order valence-corrected chi connectivity index (χ2v) is 9.57. The lowest BCUT2D eigenvalue weighted by Gasteiger charge is -2.41. The van der Waals surface area contributed by atoms with Gasteiger partial charge in [-0.3, -0.25) is 4.90 Å². The molecule has 1 aromatic heterocycles. The molecule has 7 nitrogen and oxygen atoms in total. The monoisotopic (exact) mass is 448 g/mol. The van der Waals surface area contributed by atoms with E-state index in [0.717, 1.165) is 49.7 Å². The lowest BCUT2D eigenvalue weighted by Crippen LogP contribution is -2.49. The van der Waals surface area contributed by atoms with Gasteiger partial charge in [0.2, 0.25) is 0 Å². The molecular formula is C26H36N6O. The first-order valence-electron chi connectivity index (χ1n) is 11.8. The van der Waals surface area contributed by atoms with E-state index in [1.807, 2.05) is 16.8 Å². The largest absolute Gasteiger partial charge is 0.496 e. The molecule has 2 heterocycles. The second-order valence-electron chi connectivity index (χ2n) is 9.57. The molecular weight excluding hydrogens is 412 g/mol. The van der Waals surface area contributed by atoms with E-state index in [4.69, 9.17) is 4.74 Å². The number of benzene rings is 2. The first kappa shape index (κ1) is 23.2. The first-order valence-corrected chi connectivity index (χ1v) is 11.8. The molecule has 176 valence electrons. The van der Waals surface area contributed by atoms with Crippen molar-refractivity contribution in [3.8, 4) is 5.75 Å². The third-order valence-corrected chi connectivity index (χ3v) is 7.00. The molecule has 1 saturated heterocycles. The van der Waals surface area contributed by atoms with Gasteiger partial charge in [-0.05, 0) is 67.8 Å². The Hall–Kier alpha value is -2.93. The topological polar surface area (TPSA) is 59.3 Å². The Morgan fingerprint density at radius 1 is 1.03 bits per heavy atom. The summed E-state index contributed by atoms with van der Waals surface area (Å²) in [6, 6.07) is 14.9. The Kier molecular flexibility index (Phi) is 6.70. The SMILES string of the molecule is CCC(C)(C)n1nnnc1C(c1ccccc1OC)N1CCN(c2cc(C)ccc2C)CC1. The average Bonchev–Trinajstić information content (AvgIpc) is 3.32. The predicted molar refractivity (Wildman–Crippen MR) is 132 cm³/mol. The van der Waals surface area contributed by atoms with E-state index in [1.54, 1.807) is 7.11 Å². The zero-order valence-electron chi connectivity index (χ0n) is 20.7. The zero-order valence-corrected chi connectivity index (χ0v) is 20.7. The molecule has 33 heavy (non-hydrogen) atoms. The Balaban J connectivity index is 1.69. The number of ether oxygens (including phenoxy) is 1. The lowest BCUT2D eigenvalue weighted by atomic mass is 9.98. The standard InChI is InChI=1S/C26H36N6O/c1-7-26(4,5)32-25(27-28-29-32)24(21-10-8-9-11-23(21)33-6)31-16-14-30(15-17-31)22-18-19(2)12-13-20(22)3/h8-13,18,24H,7,14-17H2,1-6H3. The van der Waals surface area contributed by atoms with Crippen molar-refractivity contribution >= 4 is 5.69 Å². The summed E-state index contributed by atoms with van der Waals surface area (Å²) >= 11 is 0. The van der Waals surface area contributed by atoms with Gasteiger partial charge in [0.25, 0.3) is 0 Å². The van der Waals surface area contributed by atoms with Gasteiger partial charge in [-0.15, -0.1) is 5.10 Å². The van der Waals surface area contributed by atoms with Crippen LogP contribution in [-0.4, -0.2) is 58.4 Å². The maximum Gasteiger partial charge on any atom is 0.173 e. The van der Waals surface area contributed by atoms with Crippen LogP contribution in [0.4, 0.5) is 5.69 Å². The molecule has 1 fully saturated rings. The van der Waals surface area contributed by atoms with E-state index in [1.165, 1.54) is 16.8 Å². The van der Waals surface area contributed by atoms with Gasteiger partial charge in [-0.2, -0.15) is 0 Å². The van der Waals surface area contributed by atoms with Crippen LogP contribution in [0, 0.1) is 13.8 Å². The van der Waals surface area contributed by atoms with Crippen molar-refractivity contribution in [2.75, 3.05) is 38.2 Å². The summed E-state index contributed by atoms with van der Waals surface area (Å²) in [6.45, 7) is 14.6. The minimum absolute atomic E-state index is 0.0808. The van der Waals surface area contributed by atoms with Gasteiger partial charge in [0, 0.05) is 37.4 Å². The molecule has 0 bridgehead atoms. The van der Waals surface area contributed by atoms with Crippen molar-refractivity contribution in [2.24, 2.45) is 0 Å². The number of hydrogen-bond acceptors (Lipinski definition) is 6. The van der Waals surface area contributed by atoms with Crippen LogP contribution in [0.25, 0.3) is 0 Å². The minimum atomic E-state index is -0.181. The number of aryl methyl sites for hydroxylation is 2. The molecule has 1 aliphatic rings. The molecule has 0 spiro atoms. The molecule has 1 atom stereocenters. The van der Waals surface area contributed by atoms with E-state index in [-0.39, 0.29) is 11.6 Å². The Labute approximate surface area is 197 Å². The third kappa shape index (κ3) is 4.60. The van der Waals surface area contributed by atoms with E-state index < -0.39 is 0 Å². The van der Waals surface area contributed by atoms with E-state index in [9.17, 15) is 0 Å². The quantitative estimate of drug-likeness (QED) is 0.535. The van der Waals surface area contributed by atoms with Crippen molar-refractivity contribution in [3.05, 3.63) is 65.0 Å². The number of rotatable bonds is 7. The maximum absolute atomic E-state index is 5.77. The molecule has 0 N–H and O–H groups in total. The van der Waals surface area contributed by atoms with Crippen LogP contribution in [-0.2, 0) is 5.54 Å². The smallest absolute Gasteiger partial charge is 0.173 e. The molecule has 2 aromatic carbocycles. The summed E-state index contributed by atoms with van der Waals surface area (Å²) in [5, 5.41) is 13.1.